The first-order chi connectivity index (χ1) is 16.7. The van der Waals surface area contributed by atoms with E-state index in [-0.39, 0.29) is 33.2 Å². The van der Waals surface area contributed by atoms with E-state index in [4.69, 9.17) is 20.5 Å². The van der Waals surface area contributed by atoms with Crippen LogP contribution >= 0.6 is 0 Å². The number of carbonyl (C=O) groups is 1. The average Bonchev–Trinajstić information content (AvgIpc) is 3.41. The Morgan fingerprint density at radius 1 is 1.19 bits per heavy atom. The quantitative estimate of drug-likeness (QED) is 0.397. The lowest BCUT2D eigenvalue weighted by Gasteiger charge is -2.32. The van der Waals surface area contributed by atoms with Crippen LogP contribution in [0.15, 0.2) is 36.5 Å². The number of H-pyrrole nitrogens is 1. The summed E-state index contributed by atoms with van der Waals surface area (Å²) in [6, 6.07) is 8.98. The summed E-state index contributed by atoms with van der Waals surface area (Å²) in [5.74, 6) is -0.714. The molecule has 4 aromatic rings. The van der Waals surface area contributed by atoms with Crippen LogP contribution in [0.1, 0.15) is 43.3 Å². The van der Waals surface area contributed by atoms with Crippen LogP contribution in [-0.4, -0.2) is 39.5 Å². The van der Waals surface area contributed by atoms with Crippen molar-refractivity contribution in [3.63, 3.8) is 0 Å². The number of benzene rings is 2. The number of nitrogens with one attached hydrogen (secondary N) is 1. The number of imidazole rings is 1. The molecule has 0 aliphatic rings. The number of aromatic amines is 1. The summed E-state index contributed by atoms with van der Waals surface area (Å²) in [6.45, 7) is 6.70. The summed E-state index contributed by atoms with van der Waals surface area (Å²) in [5, 5.41) is 9.21. The van der Waals surface area contributed by atoms with Gasteiger partial charge in [0.05, 0.1) is 35.3 Å². The van der Waals surface area contributed by atoms with Gasteiger partial charge in [0.25, 0.3) is 0 Å². The van der Waals surface area contributed by atoms with Crippen molar-refractivity contribution in [1.29, 1.82) is 5.26 Å². The van der Waals surface area contributed by atoms with Crippen molar-refractivity contribution in [3.8, 4) is 11.8 Å². The van der Waals surface area contributed by atoms with Crippen molar-refractivity contribution >= 4 is 28.0 Å². The molecule has 188 valence electrons. The molecular formula is C25H24F3N5O3. The lowest BCUT2D eigenvalue weighted by atomic mass is 9.85. The summed E-state index contributed by atoms with van der Waals surface area (Å²) in [4.78, 5) is 19.6. The van der Waals surface area contributed by atoms with E-state index in [1.54, 1.807) is 27.7 Å². The van der Waals surface area contributed by atoms with Crippen LogP contribution < -0.4 is 10.5 Å². The van der Waals surface area contributed by atoms with Gasteiger partial charge in [-0.2, -0.15) is 18.4 Å². The maximum Gasteiger partial charge on any atom is 0.419 e. The van der Waals surface area contributed by atoms with Gasteiger partial charge in [0.2, 0.25) is 5.54 Å². The van der Waals surface area contributed by atoms with Gasteiger partial charge in [-0.05, 0) is 63.6 Å². The van der Waals surface area contributed by atoms with E-state index in [9.17, 15) is 18.0 Å². The second-order valence-electron chi connectivity index (χ2n) is 9.43. The highest BCUT2D eigenvalue weighted by Gasteiger charge is 2.59. The minimum absolute atomic E-state index is 0.0516. The third-order valence-electron chi connectivity index (χ3n) is 5.76. The molecule has 0 spiro atoms. The van der Waals surface area contributed by atoms with Crippen molar-refractivity contribution in [2.24, 2.45) is 5.73 Å². The molecule has 1 unspecified atom stereocenters. The zero-order valence-corrected chi connectivity index (χ0v) is 20.2. The molecule has 3 N–H and O–H groups in total. The first-order valence-electron chi connectivity index (χ1n) is 10.9. The topological polar surface area (TPSA) is 119 Å². The Kier molecular flexibility index (Phi) is 5.76. The van der Waals surface area contributed by atoms with Gasteiger partial charge in [-0.1, -0.05) is 0 Å². The smallest absolute Gasteiger partial charge is 0.419 e. The highest BCUT2D eigenvalue weighted by molar-refractivity contribution is 5.96. The summed E-state index contributed by atoms with van der Waals surface area (Å²) in [7, 11) is 1.24. The zero-order valence-electron chi connectivity index (χ0n) is 20.2. The molecule has 1 atom stereocenters. The number of hydrogen-bond donors (Lipinski definition) is 2. The standard InChI is InChI=1S/C25H24F3N5O3/c1-13-10-18(35-5)19(15-8-9-33(20(13)15)22(34)36-23(2,3)4)24(30,25(26,27)28)21-31-16-7-6-14(12-29)11-17(16)32-21/h6-11H,30H2,1-5H3,(H,31,32). The van der Waals surface area contributed by atoms with E-state index in [0.29, 0.717) is 5.56 Å². The van der Waals surface area contributed by atoms with Gasteiger partial charge in [-0.3, -0.25) is 4.57 Å². The van der Waals surface area contributed by atoms with E-state index in [1.165, 1.54) is 43.6 Å². The summed E-state index contributed by atoms with van der Waals surface area (Å²) < 4.78 is 56.6. The first-order valence-corrected chi connectivity index (χ1v) is 10.9. The Morgan fingerprint density at radius 3 is 2.47 bits per heavy atom. The number of rotatable bonds is 3. The number of aryl methyl sites for hydroxylation is 1. The van der Waals surface area contributed by atoms with Gasteiger partial charge in [0.15, 0.2) is 0 Å². The van der Waals surface area contributed by atoms with Gasteiger partial charge in [0.1, 0.15) is 17.2 Å². The zero-order chi connectivity index (χ0) is 26.6. The van der Waals surface area contributed by atoms with Crippen LogP contribution in [0.4, 0.5) is 18.0 Å². The second kappa shape index (κ2) is 8.27. The molecule has 0 bridgehead atoms. The maximum atomic E-state index is 14.9. The minimum Gasteiger partial charge on any atom is -0.496 e. The Bertz CT molecular complexity index is 1540. The average molecular weight is 499 g/mol. The molecule has 11 heteroatoms. The summed E-state index contributed by atoms with van der Waals surface area (Å²) in [6.07, 6.45) is -4.45. The van der Waals surface area contributed by atoms with Crippen LogP contribution in [0.3, 0.4) is 0 Å². The number of aromatic nitrogens is 3. The molecular weight excluding hydrogens is 475 g/mol. The number of nitrogens with zero attached hydrogens (tertiary/aromatic N) is 3. The molecule has 2 aromatic carbocycles. The number of alkyl halides is 3. The molecule has 0 fully saturated rings. The fraction of sp³-hybridized carbons (Fsp3) is 0.320. The summed E-state index contributed by atoms with van der Waals surface area (Å²) in [5.41, 5.74) is 3.20. The number of nitrogens with two attached hydrogens (primary N) is 1. The Hall–Kier alpha value is -4.04. The first kappa shape index (κ1) is 25.1. The van der Waals surface area contributed by atoms with Gasteiger partial charge in [-0.25, -0.2) is 9.78 Å². The van der Waals surface area contributed by atoms with Crippen LogP contribution in [-0.2, 0) is 10.3 Å². The highest BCUT2D eigenvalue weighted by Crippen LogP contribution is 2.48. The highest BCUT2D eigenvalue weighted by atomic mass is 19.4. The monoisotopic (exact) mass is 499 g/mol. The largest absolute Gasteiger partial charge is 0.496 e. The van der Waals surface area contributed by atoms with Crippen molar-refractivity contribution < 1.29 is 27.4 Å². The molecule has 0 amide bonds. The predicted molar refractivity (Wildman–Crippen MR) is 127 cm³/mol. The Balaban J connectivity index is 2.05. The maximum absolute atomic E-state index is 14.9. The lowest BCUT2D eigenvalue weighted by molar-refractivity contribution is -0.178. The molecule has 8 nitrogen and oxygen atoms in total. The number of fused-ring (bicyclic) bond motifs is 2. The minimum atomic E-state index is -5.04. The molecule has 0 aliphatic heterocycles. The van der Waals surface area contributed by atoms with Crippen molar-refractivity contribution in [2.45, 2.75) is 45.0 Å². The fourth-order valence-corrected chi connectivity index (χ4v) is 4.20. The normalized spacial score (nSPS) is 14.0. The fourth-order valence-electron chi connectivity index (χ4n) is 4.20. The molecule has 36 heavy (non-hydrogen) atoms. The molecule has 0 saturated carbocycles. The Morgan fingerprint density at radius 2 is 1.89 bits per heavy atom. The summed E-state index contributed by atoms with van der Waals surface area (Å²) >= 11 is 0. The van der Waals surface area contributed by atoms with E-state index < -0.39 is 34.8 Å². The Labute approximate surface area is 204 Å². The number of ether oxygens (including phenoxy) is 2. The number of hydrogen-bond acceptors (Lipinski definition) is 6. The van der Waals surface area contributed by atoms with E-state index in [2.05, 4.69) is 9.97 Å². The predicted octanol–water partition coefficient (Wildman–Crippen LogP) is 5.25. The molecule has 0 radical (unpaired) electrons. The third-order valence-corrected chi connectivity index (χ3v) is 5.76. The van der Waals surface area contributed by atoms with Crippen LogP contribution in [0, 0.1) is 18.3 Å². The number of nitriles is 1. The van der Waals surface area contributed by atoms with Crippen LogP contribution in [0.5, 0.6) is 5.75 Å². The SMILES string of the molecule is COc1cc(C)c2c(ccn2C(=O)OC(C)(C)C)c1C(N)(c1nc2ccc(C#N)cc2[nH]1)C(F)(F)F. The van der Waals surface area contributed by atoms with Gasteiger partial charge >= 0.3 is 12.3 Å². The number of methoxy groups -OCH3 is 1. The van der Waals surface area contributed by atoms with E-state index in [1.807, 2.05) is 6.07 Å². The van der Waals surface area contributed by atoms with Crippen LogP contribution in [0.25, 0.3) is 21.9 Å². The van der Waals surface area contributed by atoms with Crippen molar-refractivity contribution in [1.82, 2.24) is 14.5 Å². The molecule has 2 heterocycles. The number of carbonyl (C=O) groups excluding carboxylic acids is 1. The van der Waals surface area contributed by atoms with Gasteiger partial charge in [-0.15, -0.1) is 0 Å². The van der Waals surface area contributed by atoms with Crippen LogP contribution in [0.2, 0.25) is 0 Å². The van der Waals surface area contributed by atoms with Gasteiger partial charge in [0, 0.05) is 17.1 Å². The second-order valence-corrected chi connectivity index (χ2v) is 9.43. The van der Waals surface area contributed by atoms with Crippen molar-refractivity contribution in [3.05, 3.63) is 59.0 Å². The van der Waals surface area contributed by atoms with Crippen molar-refractivity contribution in [2.75, 3.05) is 7.11 Å². The lowest BCUT2D eigenvalue weighted by Crippen LogP contribution is -2.52. The van der Waals surface area contributed by atoms with E-state index in [0.717, 1.165) is 4.57 Å². The van der Waals surface area contributed by atoms with Gasteiger partial charge < -0.3 is 20.2 Å². The van der Waals surface area contributed by atoms with E-state index >= 15 is 0 Å². The molecule has 2 aromatic heterocycles. The number of halogens is 3. The molecule has 4 rings (SSSR count). The molecule has 0 aliphatic carbocycles. The molecule has 0 saturated heterocycles. The third kappa shape index (κ3) is 3.93.